The Balaban J connectivity index is 1.69. The molecule has 2 saturated heterocycles. The molecule has 2 aliphatic rings. The highest BCUT2D eigenvalue weighted by molar-refractivity contribution is 8.18. The monoisotopic (exact) mass is 333 g/mol. The van der Waals surface area contributed by atoms with Gasteiger partial charge in [-0.05, 0) is 30.0 Å². The van der Waals surface area contributed by atoms with E-state index in [4.69, 9.17) is 4.74 Å². The maximum absolute atomic E-state index is 12.3. The molecule has 7 nitrogen and oxygen atoms in total. The number of ether oxygens (including phenoxy) is 1. The maximum atomic E-state index is 12.3. The molecule has 0 bridgehead atoms. The third-order valence-electron chi connectivity index (χ3n) is 3.50. The van der Waals surface area contributed by atoms with Crippen molar-refractivity contribution >= 4 is 34.9 Å². The number of thioether (sulfide) groups is 1. The zero-order chi connectivity index (χ0) is 16.2. The molecule has 1 aromatic heterocycles. The van der Waals surface area contributed by atoms with E-state index in [0.717, 1.165) is 16.7 Å². The summed E-state index contributed by atoms with van der Waals surface area (Å²) in [6.07, 6.45) is 3.17. The number of aromatic nitrogens is 1. The molecule has 3 rings (SSSR count). The Morgan fingerprint density at radius 1 is 1.30 bits per heavy atom. The smallest absolute Gasteiger partial charge is 0.294 e. The zero-order valence-corrected chi connectivity index (χ0v) is 13.1. The molecule has 3 amide bonds. The molecule has 0 radical (unpaired) electrons. The van der Waals surface area contributed by atoms with Crippen molar-refractivity contribution in [2.45, 2.75) is 0 Å². The highest BCUT2D eigenvalue weighted by Gasteiger charge is 2.37. The number of nitrogens with zero attached hydrogens (tertiary/aromatic N) is 3. The Morgan fingerprint density at radius 2 is 2.09 bits per heavy atom. The first-order valence-electron chi connectivity index (χ1n) is 7.17. The predicted octanol–water partition coefficient (Wildman–Crippen LogP) is 0.977. The Bertz CT molecular complexity index is 656. The number of rotatable bonds is 3. The minimum absolute atomic E-state index is 0.232. The van der Waals surface area contributed by atoms with E-state index in [1.807, 2.05) is 0 Å². The van der Waals surface area contributed by atoms with Crippen LogP contribution >= 0.6 is 11.8 Å². The minimum Gasteiger partial charge on any atom is -0.378 e. The van der Waals surface area contributed by atoms with Crippen molar-refractivity contribution in [1.29, 1.82) is 0 Å². The number of hydrogen-bond acceptors (Lipinski definition) is 6. The predicted molar refractivity (Wildman–Crippen MR) is 84.3 cm³/mol. The minimum atomic E-state index is -0.452. The van der Waals surface area contributed by atoms with Crippen molar-refractivity contribution in [3.05, 3.63) is 35.0 Å². The first-order chi connectivity index (χ1) is 11.1. The molecule has 0 saturated carbocycles. The van der Waals surface area contributed by atoms with Crippen LogP contribution in [0.25, 0.3) is 6.08 Å². The van der Waals surface area contributed by atoms with Gasteiger partial charge in [-0.2, -0.15) is 0 Å². The summed E-state index contributed by atoms with van der Waals surface area (Å²) < 4.78 is 5.18. The van der Waals surface area contributed by atoms with E-state index < -0.39 is 11.1 Å². The molecule has 8 heteroatoms. The number of amides is 3. The highest BCUT2D eigenvalue weighted by atomic mass is 32.2. The lowest BCUT2D eigenvalue weighted by atomic mass is 10.3. The molecule has 0 N–H and O–H groups in total. The number of hydrogen-bond donors (Lipinski definition) is 0. The molecule has 2 fully saturated rings. The summed E-state index contributed by atoms with van der Waals surface area (Å²) in [4.78, 5) is 43.5. The van der Waals surface area contributed by atoms with Crippen LogP contribution in [0.15, 0.2) is 29.3 Å². The van der Waals surface area contributed by atoms with E-state index in [9.17, 15) is 14.4 Å². The molecule has 23 heavy (non-hydrogen) atoms. The molecule has 0 spiro atoms. The van der Waals surface area contributed by atoms with Crippen molar-refractivity contribution in [2.75, 3.05) is 32.8 Å². The average Bonchev–Trinajstić information content (AvgIpc) is 2.84. The number of imide groups is 1. The highest BCUT2D eigenvalue weighted by Crippen LogP contribution is 2.31. The lowest BCUT2D eigenvalue weighted by Gasteiger charge is -2.27. The second-order valence-corrected chi connectivity index (χ2v) is 6.01. The summed E-state index contributed by atoms with van der Waals surface area (Å²) in [6, 6.07) is 5.31. The van der Waals surface area contributed by atoms with Crippen LogP contribution in [0.1, 0.15) is 5.69 Å². The van der Waals surface area contributed by atoms with Gasteiger partial charge in [-0.1, -0.05) is 6.07 Å². The van der Waals surface area contributed by atoms with Gasteiger partial charge in [0, 0.05) is 19.3 Å². The standard InChI is InChI=1S/C15H15N3O4S/c19-13(17-5-7-22-8-6-17)10-18-14(20)12(23-15(18)21)9-11-3-1-2-4-16-11/h1-4,9H,5-8,10H2/b12-9-. The van der Waals surface area contributed by atoms with Crippen molar-refractivity contribution in [3.8, 4) is 0 Å². The summed E-state index contributed by atoms with van der Waals surface area (Å²) >= 11 is 0.828. The van der Waals surface area contributed by atoms with Crippen molar-refractivity contribution < 1.29 is 19.1 Å². The van der Waals surface area contributed by atoms with Crippen LogP contribution in [-0.2, 0) is 14.3 Å². The summed E-state index contributed by atoms with van der Waals surface area (Å²) in [6.45, 7) is 1.70. The summed E-state index contributed by atoms with van der Waals surface area (Å²) in [7, 11) is 0. The van der Waals surface area contributed by atoms with Gasteiger partial charge in [0.15, 0.2) is 0 Å². The second kappa shape index (κ2) is 6.93. The maximum Gasteiger partial charge on any atom is 0.294 e. The van der Waals surface area contributed by atoms with Crippen molar-refractivity contribution in [2.24, 2.45) is 0 Å². The summed E-state index contributed by atoms with van der Waals surface area (Å²) in [5.41, 5.74) is 0.595. The lowest BCUT2D eigenvalue weighted by Crippen LogP contribution is -2.46. The van der Waals surface area contributed by atoms with E-state index in [1.165, 1.54) is 0 Å². The van der Waals surface area contributed by atoms with Crippen LogP contribution in [0.3, 0.4) is 0 Å². The van der Waals surface area contributed by atoms with Gasteiger partial charge in [-0.3, -0.25) is 24.3 Å². The molecule has 0 aromatic carbocycles. The third-order valence-corrected chi connectivity index (χ3v) is 4.40. The van der Waals surface area contributed by atoms with E-state index in [1.54, 1.807) is 35.4 Å². The van der Waals surface area contributed by atoms with E-state index in [2.05, 4.69) is 4.98 Å². The van der Waals surface area contributed by atoms with Crippen molar-refractivity contribution in [3.63, 3.8) is 0 Å². The fraction of sp³-hybridized carbons (Fsp3) is 0.333. The molecule has 0 atom stereocenters. The summed E-state index contributed by atoms with van der Waals surface area (Å²) in [5, 5.41) is -0.432. The number of carbonyl (C=O) groups excluding carboxylic acids is 3. The van der Waals surface area contributed by atoms with Gasteiger partial charge in [0.05, 0.1) is 23.8 Å². The van der Waals surface area contributed by atoms with Crippen molar-refractivity contribution in [1.82, 2.24) is 14.8 Å². The van der Waals surface area contributed by atoms with Gasteiger partial charge < -0.3 is 9.64 Å². The number of pyridine rings is 1. The van der Waals surface area contributed by atoms with Gasteiger partial charge in [0.25, 0.3) is 11.1 Å². The van der Waals surface area contributed by atoms with Gasteiger partial charge in [-0.15, -0.1) is 0 Å². The van der Waals surface area contributed by atoms with Crippen LogP contribution < -0.4 is 0 Å². The molecule has 1 aromatic rings. The largest absolute Gasteiger partial charge is 0.378 e. The number of morpholine rings is 1. The first-order valence-corrected chi connectivity index (χ1v) is 7.99. The van der Waals surface area contributed by atoms with Crippen LogP contribution in [0.4, 0.5) is 4.79 Å². The fourth-order valence-electron chi connectivity index (χ4n) is 2.28. The summed E-state index contributed by atoms with van der Waals surface area (Å²) in [5.74, 6) is -0.693. The molecule has 0 unspecified atom stereocenters. The van der Waals surface area contributed by atoms with Gasteiger partial charge in [-0.25, -0.2) is 0 Å². The molecular formula is C15H15N3O4S. The van der Waals surface area contributed by atoms with Crippen LogP contribution in [-0.4, -0.2) is 64.7 Å². The van der Waals surface area contributed by atoms with Gasteiger partial charge in [0.1, 0.15) is 6.54 Å². The molecule has 120 valence electrons. The van der Waals surface area contributed by atoms with Crippen LogP contribution in [0.2, 0.25) is 0 Å². The Labute approximate surface area is 137 Å². The average molecular weight is 333 g/mol. The van der Waals surface area contributed by atoms with Gasteiger partial charge >= 0.3 is 0 Å². The van der Waals surface area contributed by atoms with E-state index in [-0.39, 0.29) is 17.4 Å². The van der Waals surface area contributed by atoms with Crippen LogP contribution in [0.5, 0.6) is 0 Å². The van der Waals surface area contributed by atoms with Gasteiger partial charge in [0.2, 0.25) is 5.91 Å². The first kappa shape index (κ1) is 15.7. The Morgan fingerprint density at radius 3 is 2.78 bits per heavy atom. The van der Waals surface area contributed by atoms with E-state index in [0.29, 0.717) is 32.0 Å². The Kier molecular flexibility index (Phi) is 4.73. The zero-order valence-electron chi connectivity index (χ0n) is 12.3. The molecule has 3 heterocycles. The topological polar surface area (TPSA) is 79.8 Å². The number of carbonyl (C=O) groups is 3. The third kappa shape index (κ3) is 3.59. The molecule has 2 aliphatic heterocycles. The Hall–Kier alpha value is -2.19. The molecular weight excluding hydrogens is 318 g/mol. The lowest BCUT2D eigenvalue weighted by molar-refractivity contribution is -0.139. The quantitative estimate of drug-likeness (QED) is 0.767. The fourth-order valence-corrected chi connectivity index (χ4v) is 3.10. The van der Waals surface area contributed by atoms with Crippen LogP contribution in [0, 0.1) is 0 Å². The normalized spacial score (nSPS) is 20.4. The molecule has 0 aliphatic carbocycles. The SMILES string of the molecule is O=C(CN1C(=O)S/C(=C\c2ccccn2)C1=O)N1CCOCC1. The van der Waals surface area contributed by atoms with E-state index >= 15 is 0 Å². The second-order valence-electron chi connectivity index (χ2n) is 5.02.